The Labute approximate surface area is 148 Å². The minimum Gasteiger partial charge on any atom is -0.339 e. The van der Waals surface area contributed by atoms with Gasteiger partial charge >= 0.3 is 0 Å². The molecular weight excluding hydrogens is 312 g/mol. The molecule has 0 unspecified atom stereocenters. The lowest BCUT2D eigenvalue weighted by molar-refractivity contribution is 0.0724. The Hall–Kier alpha value is -2.27. The third-order valence-electron chi connectivity index (χ3n) is 5.18. The van der Waals surface area contributed by atoms with Crippen molar-refractivity contribution in [3.8, 4) is 0 Å². The number of carbonyl (C=O) groups is 1. The average molecular weight is 336 g/mol. The summed E-state index contributed by atoms with van der Waals surface area (Å²) in [7, 11) is 0. The van der Waals surface area contributed by atoms with E-state index in [4.69, 9.17) is 0 Å². The number of likely N-dealkylation sites (tertiary alicyclic amines) is 1. The third kappa shape index (κ3) is 3.71. The van der Waals surface area contributed by atoms with Gasteiger partial charge in [0, 0.05) is 44.5 Å². The van der Waals surface area contributed by atoms with Crippen LogP contribution in [0.3, 0.4) is 0 Å². The van der Waals surface area contributed by atoms with Crippen LogP contribution < -0.4 is 0 Å². The van der Waals surface area contributed by atoms with E-state index in [0.717, 1.165) is 63.2 Å². The smallest absolute Gasteiger partial charge is 0.253 e. The van der Waals surface area contributed by atoms with Crippen molar-refractivity contribution in [1.82, 2.24) is 19.8 Å². The molecule has 1 amide bonds. The maximum atomic E-state index is 12.7. The van der Waals surface area contributed by atoms with Gasteiger partial charge in [-0.3, -0.25) is 9.69 Å². The van der Waals surface area contributed by atoms with E-state index < -0.39 is 0 Å². The molecule has 3 heterocycles. The summed E-state index contributed by atoms with van der Waals surface area (Å²) in [6.07, 6.45) is 8.03. The molecule has 25 heavy (non-hydrogen) atoms. The number of piperidine rings is 1. The van der Waals surface area contributed by atoms with Gasteiger partial charge in [-0.15, -0.1) is 0 Å². The van der Waals surface area contributed by atoms with Gasteiger partial charge in [0.1, 0.15) is 6.33 Å². The molecule has 1 aromatic heterocycles. The molecule has 0 aliphatic carbocycles. The molecule has 0 atom stereocenters. The summed E-state index contributed by atoms with van der Waals surface area (Å²) in [5, 5.41) is 0. The fourth-order valence-corrected chi connectivity index (χ4v) is 3.78. The largest absolute Gasteiger partial charge is 0.339 e. The number of benzene rings is 1. The number of fused-ring (bicyclic) bond motifs is 1. The van der Waals surface area contributed by atoms with Crippen LogP contribution >= 0.6 is 0 Å². The van der Waals surface area contributed by atoms with Crippen LogP contribution in [0.2, 0.25) is 0 Å². The lowest BCUT2D eigenvalue weighted by Gasteiger charge is -2.28. The maximum absolute atomic E-state index is 12.7. The Morgan fingerprint density at radius 3 is 2.88 bits per heavy atom. The van der Waals surface area contributed by atoms with Crippen molar-refractivity contribution in [2.24, 2.45) is 0 Å². The number of amides is 1. The van der Waals surface area contributed by atoms with E-state index in [1.165, 1.54) is 17.5 Å². The number of hydrogen-bond acceptors (Lipinski definition) is 4. The van der Waals surface area contributed by atoms with Crippen LogP contribution in [0, 0.1) is 0 Å². The van der Waals surface area contributed by atoms with Gasteiger partial charge in [-0.25, -0.2) is 9.97 Å². The van der Waals surface area contributed by atoms with E-state index in [9.17, 15) is 4.79 Å². The van der Waals surface area contributed by atoms with Gasteiger partial charge in [0.15, 0.2) is 0 Å². The Morgan fingerprint density at radius 2 is 2.00 bits per heavy atom. The molecule has 2 aromatic rings. The second-order valence-electron chi connectivity index (χ2n) is 7.01. The molecule has 0 saturated carbocycles. The Balaban J connectivity index is 1.44. The molecule has 2 aliphatic heterocycles. The highest BCUT2D eigenvalue weighted by Gasteiger charge is 2.20. The SMILES string of the molecule is O=C(c1cccc(CN2CCc3cncnc3C2)c1)N1CCCCC1. The molecule has 2 aliphatic rings. The first-order chi connectivity index (χ1) is 12.3. The Kier molecular flexibility index (Phi) is 4.74. The number of rotatable bonds is 3. The van der Waals surface area contributed by atoms with Gasteiger partial charge in [-0.2, -0.15) is 0 Å². The van der Waals surface area contributed by atoms with E-state index in [0.29, 0.717) is 0 Å². The molecule has 0 spiro atoms. The average Bonchev–Trinajstić information content (AvgIpc) is 2.68. The summed E-state index contributed by atoms with van der Waals surface area (Å²) in [6.45, 7) is 4.49. The molecule has 5 nitrogen and oxygen atoms in total. The second-order valence-corrected chi connectivity index (χ2v) is 7.01. The van der Waals surface area contributed by atoms with Crippen molar-refractivity contribution >= 4 is 5.91 Å². The standard InChI is InChI=1S/C20H24N4O/c25-20(24-8-2-1-3-9-24)17-6-4-5-16(11-17)13-23-10-7-18-12-21-15-22-19(18)14-23/h4-6,11-12,15H,1-3,7-10,13-14H2. The normalized spacial score (nSPS) is 18.0. The van der Waals surface area contributed by atoms with Gasteiger partial charge in [-0.05, 0) is 48.9 Å². The second kappa shape index (κ2) is 7.31. The third-order valence-corrected chi connectivity index (χ3v) is 5.18. The minimum atomic E-state index is 0.179. The zero-order valence-corrected chi connectivity index (χ0v) is 14.5. The monoisotopic (exact) mass is 336 g/mol. The fourth-order valence-electron chi connectivity index (χ4n) is 3.78. The topological polar surface area (TPSA) is 49.3 Å². The minimum absolute atomic E-state index is 0.179. The van der Waals surface area contributed by atoms with Crippen molar-refractivity contribution in [3.63, 3.8) is 0 Å². The van der Waals surface area contributed by atoms with Crippen molar-refractivity contribution in [2.45, 2.75) is 38.8 Å². The van der Waals surface area contributed by atoms with Gasteiger partial charge in [0.25, 0.3) is 5.91 Å². The van der Waals surface area contributed by atoms with Gasteiger partial charge in [0.2, 0.25) is 0 Å². The predicted octanol–water partition coefficient (Wildman–Crippen LogP) is 2.66. The van der Waals surface area contributed by atoms with E-state index in [1.807, 2.05) is 23.2 Å². The molecule has 0 radical (unpaired) electrons. The number of carbonyl (C=O) groups excluding carboxylic acids is 1. The maximum Gasteiger partial charge on any atom is 0.253 e. The van der Waals surface area contributed by atoms with Crippen molar-refractivity contribution < 1.29 is 4.79 Å². The molecule has 1 fully saturated rings. The fraction of sp³-hybridized carbons (Fsp3) is 0.450. The van der Waals surface area contributed by atoms with Crippen LogP contribution in [0.15, 0.2) is 36.8 Å². The van der Waals surface area contributed by atoms with Gasteiger partial charge < -0.3 is 4.90 Å². The van der Waals surface area contributed by atoms with Gasteiger partial charge in [-0.1, -0.05) is 12.1 Å². The first-order valence-corrected chi connectivity index (χ1v) is 9.18. The highest BCUT2D eigenvalue weighted by atomic mass is 16.2. The number of hydrogen-bond donors (Lipinski definition) is 0. The van der Waals surface area contributed by atoms with E-state index >= 15 is 0 Å². The highest BCUT2D eigenvalue weighted by molar-refractivity contribution is 5.94. The molecule has 1 saturated heterocycles. The van der Waals surface area contributed by atoms with Crippen LogP contribution in [0.1, 0.15) is 46.4 Å². The summed E-state index contributed by atoms with van der Waals surface area (Å²) in [4.78, 5) is 25.6. The summed E-state index contributed by atoms with van der Waals surface area (Å²) in [6, 6.07) is 8.13. The highest BCUT2D eigenvalue weighted by Crippen LogP contribution is 2.19. The zero-order valence-electron chi connectivity index (χ0n) is 14.5. The molecule has 0 N–H and O–H groups in total. The van der Waals surface area contributed by atoms with Crippen LogP contribution in [0.5, 0.6) is 0 Å². The lowest BCUT2D eigenvalue weighted by atomic mass is 10.0. The van der Waals surface area contributed by atoms with Crippen LogP contribution in [-0.4, -0.2) is 45.3 Å². The molecule has 0 bridgehead atoms. The summed E-state index contributed by atoms with van der Waals surface area (Å²) < 4.78 is 0. The van der Waals surface area contributed by atoms with Gasteiger partial charge in [0.05, 0.1) is 5.69 Å². The summed E-state index contributed by atoms with van der Waals surface area (Å²) in [5.41, 5.74) is 4.40. The molecule has 130 valence electrons. The molecule has 5 heteroatoms. The molecule has 1 aromatic carbocycles. The summed E-state index contributed by atoms with van der Waals surface area (Å²) in [5.74, 6) is 0.179. The number of nitrogens with zero attached hydrogens (tertiary/aromatic N) is 4. The quantitative estimate of drug-likeness (QED) is 0.865. The van der Waals surface area contributed by atoms with E-state index in [2.05, 4.69) is 27.0 Å². The lowest BCUT2D eigenvalue weighted by Crippen LogP contribution is -2.35. The van der Waals surface area contributed by atoms with Crippen molar-refractivity contribution in [2.75, 3.05) is 19.6 Å². The molecule has 4 rings (SSSR count). The Morgan fingerprint density at radius 1 is 1.12 bits per heavy atom. The summed E-state index contributed by atoms with van der Waals surface area (Å²) >= 11 is 0. The zero-order chi connectivity index (χ0) is 17.1. The first kappa shape index (κ1) is 16.2. The van der Waals surface area contributed by atoms with Crippen molar-refractivity contribution in [1.29, 1.82) is 0 Å². The number of aromatic nitrogens is 2. The van der Waals surface area contributed by atoms with Crippen LogP contribution in [-0.2, 0) is 19.5 Å². The molecular formula is C20H24N4O. The predicted molar refractivity (Wildman–Crippen MR) is 96.0 cm³/mol. The van der Waals surface area contributed by atoms with E-state index in [-0.39, 0.29) is 5.91 Å². The van der Waals surface area contributed by atoms with Crippen molar-refractivity contribution in [3.05, 3.63) is 59.2 Å². The van der Waals surface area contributed by atoms with E-state index in [1.54, 1.807) is 6.33 Å². The van der Waals surface area contributed by atoms with Crippen LogP contribution in [0.4, 0.5) is 0 Å². The Bertz CT molecular complexity index is 755. The van der Waals surface area contributed by atoms with Crippen LogP contribution in [0.25, 0.3) is 0 Å². The first-order valence-electron chi connectivity index (χ1n) is 9.18.